The van der Waals surface area contributed by atoms with Crippen LogP contribution < -0.4 is 0 Å². The SMILES string of the molecule is CC(C)c1ccc(-c2cccc3[cH-]c(C4CCCCC4)cc23)cc1.Cc1cc2c(-c3ccc(C45CC6CC(CC(C6)C4)C5)cc3)cccc2[cH-]1.Cl.Cl.[CH3-].[CH3-].[Si]=[Zr]. The molecule has 4 heteroatoms. The summed E-state index contributed by atoms with van der Waals surface area (Å²) in [6.45, 7) is 9.76. The van der Waals surface area contributed by atoms with E-state index in [1.165, 1.54) is 149 Å². The van der Waals surface area contributed by atoms with Gasteiger partial charge in [-0.15, -0.1) is 93.9 Å². The predicted octanol–water partition coefficient (Wildman–Crippen LogP) is 15.8. The first-order chi connectivity index (χ1) is 25.4. The molecule has 2 radical (unpaired) electrons. The third-order valence-corrected chi connectivity index (χ3v) is 13.5. The van der Waals surface area contributed by atoms with E-state index < -0.39 is 0 Å². The van der Waals surface area contributed by atoms with Gasteiger partial charge in [0.15, 0.2) is 0 Å². The first-order valence-corrected chi connectivity index (χ1v) is 24.4. The Kier molecular flexibility index (Phi) is 16.7. The van der Waals surface area contributed by atoms with Crippen molar-refractivity contribution >= 4 is 53.2 Å². The predicted molar refractivity (Wildman–Crippen MR) is 248 cm³/mol. The van der Waals surface area contributed by atoms with E-state index in [9.17, 15) is 0 Å². The molecule has 5 saturated carbocycles. The summed E-state index contributed by atoms with van der Waals surface area (Å²) in [4.78, 5) is 0. The molecule has 0 spiro atoms. The maximum atomic E-state index is 3.06. The number of hydrogen-bond donors (Lipinski definition) is 0. The van der Waals surface area contributed by atoms with Crippen molar-refractivity contribution in [2.45, 2.75) is 109 Å². The molecule has 56 heavy (non-hydrogen) atoms. The summed E-state index contributed by atoms with van der Waals surface area (Å²) in [6, 6.07) is 41.9. The quantitative estimate of drug-likeness (QED) is 0.120. The van der Waals surface area contributed by atoms with Gasteiger partial charge in [-0.05, 0) is 109 Å². The molecule has 0 nitrogen and oxygen atoms in total. The third kappa shape index (κ3) is 9.46. The van der Waals surface area contributed by atoms with Gasteiger partial charge in [0, 0.05) is 0 Å². The second-order valence-electron chi connectivity index (χ2n) is 17.3. The van der Waals surface area contributed by atoms with Gasteiger partial charge in [-0.3, -0.25) is 0 Å². The molecule has 0 aliphatic heterocycles. The van der Waals surface area contributed by atoms with Gasteiger partial charge in [0.1, 0.15) is 0 Å². The van der Waals surface area contributed by atoms with Crippen LogP contribution in [0.2, 0.25) is 0 Å². The molecule has 6 aromatic rings. The molecule has 4 bridgehead atoms. The number of fused-ring (bicyclic) bond motifs is 2. The van der Waals surface area contributed by atoms with Crippen molar-refractivity contribution in [3.63, 3.8) is 0 Å². The van der Waals surface area contributed by atoms with Crippen molar-refractivity contribution in [1.29, 1.82) is 0 Å². The minimum atomic E-state index is 0. The zero-order chi connectivity index (χ0) is 35.8. The average Bonchev–Trinajstić information content (AvgIpc) is 3.79. The molecule has 5 aliphatic carbocycles. The first-order valence-electron chi connectivity index (χ1n) is 20.2. The third-order valence-electron chi connectivity index (χ3n) is 13.5. The van der Waals surface area contributed by atoms with E-state index in [0.717, 1.165) is 23.7 Å². The topological polar surface area (TPSA) is 0 Å². The fourth-order valence-electron chi connectivity index (χ4n) is 11.3. The number of rotatable bonds is 5. The normalized spacial score (nSPS) is 22.0. The molecule has 0 atom stereocenters. The van der Waals surface area contributed by atoms with E-state index in [0.29, 0.717) is 11.3 Å². The van der Waals surface area contributed by atoms with E-state index in [1.54, 1.807) is 11.1 Å². The summed E-state index contributed by atoms with van der Waals surface area (Å²) in [5.41, 5.74) is 11.9. The summed E-state index contributed by atoms with van der Waals surface area (Å²) < 4.78 is 0. The van der Waals surface area contributed by atoms with Crippen molar-refractivity contribution in [1.82, 2.24) is 0 Å². The van der Waals surface area contributed by atoms with E-state index in [2.05, 4.69) is 137 Å². The second-order valence-corrected chi connectivity index (χ2v) is 17.3. The molecule has 296 valence electrons. The van der Waals surface area contributed by atoms with Gasteiger partial charge in [-0.25, -0.2) is 0 Å². The molecule has 0 N–H and O–H groups in total. The molecule has 6 aromatic carbocycles. The van der Waals surface area contributed by atoms with E-state index in [-0.39, 0.29) is 39.7 Å². The van der Waals surface area contributed by atoms with Crippen LogP contribution in [0, 0.1) is 39.5 Å². The molecule has 0 aromatic heterocycles. The summed E-state index contributed by atoms with van der Waals surface area (Å²) in [7, 11) is 0. The fraction of sp³-hybridized carbons (Fsp3) is 0.385. The summed E-state index contributed by atoms with van der Waals surface area (Å²) in [5, 5.41) is 5.59. The molecular weight excluding hydrogens is 815 g/mol. The van der Waals surface area contributed by atoms with Gasteiger partial charge >= 0.3 is 30.2 Å². The molecule has 0 amide bonds. The molecule has 5 fully saturated rings. The molecular formula is C52H62Cl2SiZr-4. The molecule has 0 unspecified atom stereocenters. The summed E-state index contributed by atoms with van der Waals surface area (Å²) in [5.74, 6) is 4.42. The van der Waals surface area contributed by atoms with Crippen molar-refractivity contribution in [2.75, 3.05) is 0 Å². The van der Waals surface area contributed by atoms with E-state index in [4.69, 9.17) is 0 Å². The van der Waals surface area contributed by atoms with E-state index in [1.807, 2.05) is 0 Å². The van der Waals surface area contributed by atoms with Crippen LogP contribution in [0.5, 0.6) is 0 Å². The van der Waals surface area contributed by atoms with Crippen molar-refractivity contribution in [3.8, 4) is 22.3 Å². The minimum absolute atomic E-state index is 0. The van der Waals surface area contributed by atoms with Gasteiger partial charge < -0.3 is 14.9 Å². The first kappa shape index (κ1) is 46.5. The number of halogens is 2. The van der Waals surface area contributed by atoms with Gasteiger partial charge in [-0.2, -0.15) is 12.1 Å². The van der Waals surface area contributed by atoms with Crippen LogP contribution >= 0.6 is 24.8 Å². The fourth-order valence-corrected chi connectivity index (χ4v) is 11.3. The Morgan fingerprint density at radius 1 is 0.625 bits per heavy atom. The zero-order valence-electron chi connectivity index (χ0n) is 34.4. The number of hydrogen-bond acceptors (Lipinski definition) is 0. The Balaban J connectivity index is 0.000000224. The number of benzene rings is 4. The molecule has 5 aliphatic rings. The van der Waals surface area contributed by atoms with Crippen LogP contribution in [0.4, 0.5) is 0 Å². The maximum absolute atomic E-state index is 3.06. The average molecular weight is 877 g/mol. The zero-order valence-corrected chi connectivity index (χ0v) is 39.5. The summed E-state index contributed by atoms with van der Waals surface area (Å²) in [6.07, 6.45) is 15.9. The Morgan fingerprint density at radius 3 is 1.62 bits per heavy atom. The molecule has 11 rings (SSSR count). The van der Waals surface area contributed by atoms with Crippen LogP contribution in [-0.4, -0.2) is 6.88 Å². The standard InChI is InChI=1S/C26H27.C24H27.2CH3.2ClH.Si.Zr/c1-17-9-22-3-2-4-24(25(22)10-17)21-5-7-23(8-6-21)26-14-18-11-19(15-26)13-20(12-18)16-26;1-17(2)18-11-13-20(14-12-18)23-10-6-9-21-15-22(16-24(21)23)19-7-4-3-5-8-19;;;;;;/h2-10,18-20H,11-16H2,1H3;6,9-17,19H,3-5,7-8H2,1-2H3;2*1H3;2*1H;;/q4*-1;;;;. The molecule has 0 heterocycles. The monoisotopic (exact) mass is 874 g/mol. The van der Waals surface area contributed by atoms with Crippen LogP contribution in [-0.2, 0) is 28.8 Å². The van der Waals surface area contributed by atoms with Gasteiger partial charge in [-0.1, -0.05) is 112 Å². The van der Waals surface area contributed by atoms with Crippen molar-refractivity contribution in [3.05, 3.63) is 146 Å². The van der Waals surface area contributed by atoms with Gasteiger partial charge in [0.2, 0.25) is 0 Å². The Bertz CT molecular complexity index is 2090. The van der Waals surface area contributed by atoms with Crippen LogP contribution in [0.25, 0.3) is 43.8 Å². The van der Waals surface area contributed by atoms with Crippen LogP contribution in [0.1, 0.15) is 119 Å². The Hall–Kier alpha value is -2.22. The summed E-state index contributed by atoms with van der Waals surface area (Å²) >= 11 is 1.36. The van der Waals surface area contributed by atoms with Gasteiger partial charge in [0.25, 0.3) is 0 Å². The second kappa shape index (κ2) is 20.2. The van der Waals surface area contributed by atoms with Crippen LogP contribution in [0.3, 0.4) is 0 Å². The van der Waals surface area contributed by atoms with Gasteiger partial charge in [0.05, 0.1) is 0 Å². The number of aryl methyl sites for hydroxylation is 1. The molecule has 0 saturated heterocycles. The Labute approximate surface area is 368 Å². The Morgan fingerprint density at radius 2 is 1.11 bits per heavy atom. The van der Waals surface area contributed by atoms with E-state index >= 15 is 0 Å². The van der Waals surface area contributed by atoms with Crippen LogP contribution in [0.15, 0.2) is 109 Å². The van der Waals surface area contributed by atoms with Crippen molar-refractivity contribution in [2.24, 2.45) is 17.8 Å². The van der Waals surface area contributed by atoms with Crippen molar-refractivity contribution < 1.29 is 23.3 Å².